The molecule has 124 valence electrons. The maximum absolute atomic E-state index is 12.4. The lowest BCUT2D eigenvalue weighted by molar-refractivity contribution is -0.135. The highest BCUT2D eigenvalue weighted by atomic mass is 35.5. The van der Waals surface area contributed by atoms with Crippen LogP contribution in [-0.2, 0) is 14.9 Å². The molecule has 1 aliphatic rings. The summed E-state index contributed by atoms with van der Waals surface area (Å²) in [5.74, 6) is -0.0157. The van der Waals surface area contributed by atoms with Gasteiger partial charge in [-0.1, -0.05) is 51.1 Å². The molecule has 0 radical (unpaired) electrons. The maximum Gasteiger partial charge on any atom is 0.250 e. The Hall–Kier alpha value is -1.10. The molecule has 0 aromatic heterocycles. The van der Waals surface area contributed by atoms with Crippen LogP contribution in [0.2, 0.25) is 0 Å². The van der Waals surface area contributed by atoms with Crippen LogP contribution in [0.25, 0.3) is 0 Å². The van der Waals surface area contributed by atoms with E-state index in [1.807, 2.05) is 18.2 Å². The first-order valence-corrected chi connectivity index (χ1v) is 7.74. The lowest BCUT2D eigenvalue weighted by Gasteiger charge is -2.36. The van der Waals surface area contributed by atoms with Crippen molar-refractivity contribution in [1.29, 1.82) is 0 Å². The Kier molecular flexibility index (Phi) is 7.33. The van der Waals surface area contributed by atoms with Gasteiger partial charge in [-0.2, -0.15) is 0 Å². The van der Waals surface area contributed by atoms with Crippen molar-refractivity contribution in [1.82, 2.24) is 10.6 Å². The molecular weight excluding hydrogens is 300 g/mol. The Morgan fingerprint density at radius 1 is 1.41 bits per heavy atom. The SMILES string of the molecule is CCC(NC(=O)C1CNCCO1)C(C)(C)c1ccccc1.Cl. The average molecular weight is 327 g/mol. The fraction of sp³-hybridized carbons (Fsp3) is 0.588. The van der Waals surface area contributed by atoms with E-state index in [1.165, 1.54) is 5.56 Å². The van der Waals surface area contributed by atoms with Gasteiger partial charge in [0.2, 0.25) is 0 Å². The van der Waals surface area contributed by atoms with Gasteiger partial charge in [-0.05, 0) is 12.0 Å². The van der Waals surface area contributed by atoms with Crippen LogP contribution in [-0.4, -0.2) is 37.7 Å². The summed E-state index contributed by atoms with van der Waals surface area (Å²) in [4.78, 5) is 12.4. The molecule has 22 heavy (non-hydrogen) atoms. The highest BCUT2D eigenvalue weighted by Crippen LogP contribution is 2.28. The summed E-state index contributed by atoms with van der Waals surface area (Å²) in [5, 5.41) is 6.36. The maximum atomic E-state index is 12.4. The molecule has 1 aliphatic heterocycles. The molecule has 0 spiro atoms. The van der Waals surface area contributed by atoms with E-state index >= 15 is 0 Å². The first kappa shape index (κ1) is 18.9. The zero-order chi connectivity index (χ0) is 15.3. The van der Waals surface area contributed by atoms with Crippen molar-refractivity contribution in [3.8, 4) is 0 Å². The van der Waals surface area contributed by atoms with E-state index in [2.05, 4.69) is 43.5 Å². The highest BCUT2D eigenvalue weighted by Gasteiger charge is 2.33. The summed E-state index contributed by atoms with van der Waals surface area (Å²) in [6.45, 7) is 8.46. The average Bonchev–Trinajstić information content (AvgIpc) is 2.53. The van der Waals surface area contributed by atoms with Gasteiger partial charge in [0.25, 0.3) is 5.91 Å². The van der Waals surface area contributed by atoms with Crippen LogP contribution in [0.5, 0.6) is 0 Å². The number of amides is 1. The van der Waals surface area contributed by atoms with E-state index in [4.69, 9.17) is 4.74 Å². The van der Waals surface area contributed by atoms with Crippen LogP contribution in [0.3, 0.4) is 0 Å². The Morgan fingerprint density at radius 2 is 2.09 bits per heavy atom. The standard InChI is InChI=1S/C17H26N2O2.ClH/c1-4-15(17(2,3)13-8-6-5-7-9-13)19-16(20)14-12-18-10-11-21-14;/h5-9,14-15,18H,4,10-12H2,1-3H3,(H,19,20);1H. The molecule has 2 atom stereocenters. The first-order valence-electron chi connectivity index (χ1n) is 7.74. The summed E-state index contributed by atoms with van der Waals surface area (Å²) >= 11 is 0. The number of carbonyl (C=O) groups excluding carboxylic acids is 1. The number of carbonyl (C=O) groups is 1. The quantitative estimate of drug-likeness (QED) is 0.872. The van der Waals surface area contributed by atoms with Crippen molar-refractivity contribution in [3.05, 3.63) is 35.9 Å². The summed E-state index contributed by atoms with van der Waals surface area (Å²) in [6, 6.07) is 10.4. The fourth-order valence-corrected chi connectivity index (χ4v) is 2.86. The topological polar surface area (TPSA) is 50.4 Å². The van der Waals surface area contributed by atoms with Crippen LogP contribution in [0.4, 0.5) is 0 Å². The van der Waals surface area contributed by atoms with Crippen LogP contribution in [0.15, 0.2) is 30.3 Å². The normalized spacial score (nSPS) is 19.9. The van der Waals surface area contributed by atoms with Gasteiger partial charge in [0.1, 0.15) is 6.10 Å². The van der Waals surface area contributed by atoms with Crippen LogP contribution in [0.1, 0.15) is 32.8 Å². The molecule has 1 aromatic carbocycles. The van der Waals surface area contributed by atoms with Crippen molar-refractivity contribution in [2.24, 2.45) is 0 Å². The molecule has 1 saturated heterocycles. The van der Waals surface area contributed by atoms with Crippen molar-refractivity contribution < 1.29 is 9.53 Å². The summed E-state index contributed by atoms with van der Waals surface area (Å²) in [5.41, 5.74) is 1.12. The van der Waals surface area contributed by atoms with E-state index in [0.29, 0.717) is 13.2 Å². The third kappa shape index (κ3) is 4.45. The van der Waals surface area contributed by atoms with Crippen molar-refractivity contribution >= 4 is 18.3 Å². The zero-order valence-corrected chi connectivity index (χ0v) is 14.4. The van der Waals surface area contributed by atoms with E-state index in [1.54, 1.807) is 0 Å². The second-order valence-corrected chi connectivity index (χ2v) is 6.12. The van der Waals surface area contributed by atoms with Gasteiger partial charge in [0, 0.05) is 24.5 Å². The summed E-state index contributed by atoms with van der Waals surface area (Å²) < 4.78 is 5.53. The van der Waals surface area contributed by atoms with Crippen LogP contribution >= 0.6 is 12.4 Å². The smallest absolute Gasteiger partial charge is 0.250 e. The number of halogens is 1. The minimum Gasteiger partial charge on any atom is -0.366 e. The predicted octanol–water partition coefficient (Wildman–Crippen LogP) is 2.27. The highest BCUT2D eigenvalue weighted by molar-refractivity contribution is 5.85. The molecule has 2 rings (SSSR count). The van der Waals surface area contributed by atoms with Gasteiger partial charge in [0.05, 0.1) is 6.61 Å². The molecule has 2 unspecified atom stereocenters. The van der Waals surface area contributed by atoms with Gasteiger partial charge in [-0.15, -0.1) is 12.4 Å². The van der Waals surface area contributed by atoms with Crippen LogP contribution < -0.4 is 10.6 Å². The van der Waals surface area contributed by atoms with Gasteiger partial charge >= 0.3 is 0 Å². The van der Waals surface area contributed by atoms with E-state index in [9.17, 15) is 4.79 Å². The molecule has 0 bridgehead atoms. The van der Waals surface area contributed by atoms with Crippen molar-refractivity contribution in [3.63, 3.8) is 0 Å². The second kappa shape index (κ2) is 8.51. The molecule has 1 aromatic rings. The molecule has 1 fully saturated rings. The minimum absolute atomic E-state index is 0. The van der Waals surface area contributed by atoms with Gasteiger partial charge in [-0.3, -0.25) is 4.79 Å². The Labute approximate surface area is 139 Å². The molecule has 0 saturated carbocycles. The number of nitrogens with one attached hydrogen (secondary N) is 2. The fourth-order valence-electron chi connectivity index (χ4n) is 2.86. The number of hydrogen-bond donors (Lipinski definition) is 2. The van der Waals surface area contributed by atoms with E-state index < -0.39 is 0 Å². The lowest BCUT2D eigenvalue weighted by Crippen LogP contribution is -2.54. The Bertz CT molecular complexity index is 459. The number of morpholine rings is 1. The largest absolute Gasteiger partial charge is 0.366 e. The van der Waals surface area contributed by atoms with Crippen molar-refractivity contribution in [2.75, 3.05) is 19.7 Å². The van der Waals surface area contributed by atoms with E-state index in [0.717, 1.165) is 13.0 Å². The molecular formula is C17H27ClN2O2. The molecule has 0 aliphatic carbocycles. The molecule has 5 heteroatoms. The predicted molar refractivity (Wildman–Crippen MR) is 91.5 cm³/mol. The van der Waals surface area contributed by atoms with Gasteiger partial charge in [-0.25, -0.2) is 0 Å². The van der Waals surface area contributed by atoms with Crippen molar-refractivity contribution in [2.45, 2.75) is 44.8 Å². The third-order valence-corrected chi connectivity index (χ3v) is 4.33. The lowest BCUT2D eigenvalue weighted by atomic mass is 9.76. The zero-order valence-electron chi connectivity index (χ0n) is 13.6. The number of benzene rings is 1. The van der Waals surface area contributed by atoms with Gasteiger partial charge < -0.3 is 15.4 Å². The number of hydrogen-bond acceptors (Lipinski definition) is 3. The molecule has 1 amide bonds. The summed E-state index contributed by atoms with van der Waals surface area (Å²) in [6.07, 6.45) is 0.507. The van der Waals surface area contributed by atoms with E-state index in [-0.39, 0.29) is 35.9 Å². The molecule has 4 nitrogen and oxygen atoms in total. The summed E-state index contributed by atoms with van der Waals surface area (Å²) in [7, 11) is 0. The second-order valence-electron chi connectivity index (χ2n) is 6.12. The third-order valence-electron chi connectivity index (χ3n) is 4.33. The Balaban J connectivity index is 0.00000242. The Morgan fingerprint density at radius 3 is 2.64 bits per heavy atom. The number of ether oxygens (including phenoxy) is 1. The number of rotatable bonds is 5. The monoisotopic (exact) mass is 326 g/mol. The minimum atomic E-state index is -0.376. The molecule has 1 heterocycles. The van der Waals surface area contributed by atoms with Gasteiger partial charge in [0.15, 0.2) is 0 Å². The first-order chi connectivity index (χ1) is 10.1. The molecule has 2 N–H and O–H groups in total. The van der Waals surface area contributed by atoms with Crippen LogP contribution in [0, 0.1) is 0 Å².